The average molecular weight is 340 g/mol. The first-order valence-corrected chi connectivity index (χ1v) is 8.41. The minimum Gasteiger partial charge on any atom is -0.368 e. The second-order valence-electron chi connectivity index (χ2n) is 6.27. The van der Waals surface area contributed by atoms with Crippen LogP contribution < -0.4 is 0 Å². The molecule has 1 saturated heterocycles. The summed E-state index contributed by atoms with van der Waals surface area (Å²) >= 11 is 0. The maximum absolute atomic E-state index is 5.57. The minimum absolute atomic E-state index is 0.0458. The van der Waals surface area contributed by atoms with Crippen LogP contribution in [0.3, 0.4) is 0 Å². The second kappa shape index (κ2) is 7.16. The van der Waals surface area contributed by atoms with Crippen LogP contribution in [0.1, 0.15) is 36.4 Å². The van der Waals surface area contributed by atoms with Gasteiger partial charge in [-0.25, -0.2) is 0 Å². The molecule has 1 unspecified atom stereocenters. The summed E-state index contributed by atoms with van der Waals surface area (Å²) in [6.07, 6.45) is 1.94. The van der Waals surface area contributed by atoms with E-state index in [1.54, 1.807) is 0 Å². The lowest BCUT2D eigenvalue weighted by molar-refractivity contribution is 0.0835. The van der Waals surface area contributed by atoms with Gasteiger partial charge in [0.2, 0.25) is 0 Å². The third-order valence-corrected chi connectivity index (χ3v) is 4.15. The number of benzene rings is 1. The average Bonchev–Trinajstić information content (AvgIpc) is 3.37. The van der Waals surface area contributed by atoms with Crippen molar-refractivity contribution >= 4 is 0 Å². The Labute approximate surface area is 145 Å². The van der Waals surface area contributed by atoms with Crippen molar-refractivity contribution in [1.82, 2.24) is 20.2 Å². The monoisotopic (exact) mass is 340 g/mol. The molecule has 1 fully saturated rings. The fourth-order valence-corrected chi connectivity index (χ4v) is 2.93. The van der Waals surface area contributed by atoms with Crippen LogP contribution in [0.4, 0.5) is 0 Å². The van der Waals surface area contributed by atoms with Gasteiger partial charge in [-0.15, -0.1) is 0 Å². The Bertz CT molecular complexity index is 809. The number of hydrogen-bond acceptors (Lipinski definition) is 7. The molecule has 25 heavy (non-hydrogen) atoms. The molecule has 3 heterocycles. The zero-order chi connectivity index (χ0) is 17.1. The van der Waals surface area contributed by atoms with Gasteiger partial charge in [0.15, 0.2) is 11.6 Å². The Kier molecular flexibility index (Phi) is 4.58. The molecule has 0 bridgehead atoms. The van der Waals surface area contributed by atoms with Crippen molar-refractivity contribution in [2.45, 2.75) is 32.0 Å². The number of rotatable bonds is 6. The molecule has 0 saturated carbocycles. The standard InChI is InChI=1S/C18H20N4O3/c1-22(12-17-19-18(25-21-17)15-8-5-9-23-15)11-14-10-16(24-20-14)13-6-3-2-4-7-13/h2-4,6-7,10,15H,5,8-9,11-12H2,1H3. The van der Waals surface area contributed by atoms with Gasteiger partial charge < -0.3 is 13.8 Å². The molecule has 7 heteroatoms. The van der Waals surface area contributed by atoms with E-state index in [4.69, 9.17) is 13.8 Å². The van der Waals surface area contributed by atoms with Crippen LogP contribution in [0.25, 0.3) is 11.3 Å². The van der Waals surface area contributed by atoms with Crippen molar-refractivity contribution in [3.8, 4) is 11.3 Å². The summed E-state index contributed by atoms with van der Waals surface area (Å²) in [5, 5.41) is 8.19. The summed E-state index contributed by atoms with van der Waals surface area (Å²) in [5.74, 6) is 2.00. The number of nitrogens with zero attached hydrogens (tertiary/aromatic N) is 4. The highest BCUT2D eigenvalue weighted by Gasteiger charge is 2.24. The smallest absolute Gasteiger partial charge is 0.255 e. The molecular weight excluding hydrogens is 320 g/mol. The van der Waals surface area contributed by atoms with Crippen LogP contribution in [0, 0.1) is 0 Å². The van der Waals surface area contributed by atoms with Crippen LogP contribution >= 0.6 is 0 Å². The molecule has 2 aromatic heterocycles. The Balaban J connectivity index is 1.36. The summed E-state index contributed by atoms with van der Waals surface area (Å²) in [6.45, 7) is 1.97. The number of hydrogen-bond donors (Lipinski definition) is 0. The molecule has 130 valence electrons. The predicted octanol–water partition coefficient (Wildman–Crippen LogP) is 3.21. The quantitative estimate of drug-likeness (QED) is 0.682. The minimum atomic E-state index is -0.0458. The van der Waals surface area contributed by atoms with E-state index in [2.05, 4.69) is 20.2 Å². The van der Waals surface area contributed by atoms with Gasteiger partial charge in [-0.2, -0.15) is 4.98 Å². The van der Waals surface area contributed by atoms with E-state index in [1.165, 1.54) is 0 Å². The first-order valence-electron chi connectivity index (χ1n) is 8.41. The van der Waals surface area contributed by atoms with E-state index in [9.17, 15) is 0 Å². The van der Waals surface area contributed by atoms with E-state index in [1.807, 2.05) is 43.4 Å². The van der Waals surface area contributed by atoms with E-state index >= 15 is 0 Å². The Morgan fingerprint density at radius 3 is 2.80 bits per heavy atom. The zero-order valence-electron chi connectivity index (χ0n) is 14.1. The molecule has 0 radical (unpaired) electrons. The van der Waals surface area contributed by atoms with Crippen LogP contribution in [-0.4, -0.2) is 33.9 Å². The number of ether oxygens (including phenoxy) is 1. The largest absolute Gasteiger partial charge is 0.368 e. The lowest BCUT2D eigenvalue weighted by Gasteiger charge is -2.11. The van der Waals surface area contributed by atoms with E-state index < -0.39 is 0 Å². The molecule has 0 N–H and O–H groups in total. The predicted molar refractivity (Wildman–Crippen MR) is 89.3 cm³/mol. The summed E-state index contributed by atoms with van der Waals surface area (Å²) in [6, 6.07) is 11.9. The van der Waals surface area contributed by atoms with Crippen molar-refractivity contribution in [3.05, 3.63) is 53.8 Å². The fraction of sp³-hybridized carbons (Fsp3) is 0.389. The highest BCUT2D eigenvalue weighted by Crippen LogP contribution is 2.27. The molecule has 1 aliphatic rings. The van der Waals surface area contributed by atoms with Crippen LogP contribution in [0.5, 0.6) is 0 Å². The Morgan fingerprint density at radius 1 is 1.12 bits per heavy atom. The molecule has 1 aliphatic heterocycles. The second-order valence-corrected chi connectivity index (χ2v) is 6.27. The van der Waals surface area contributed by atoms with Crippen molar-refractivity contribution in [3.63, 3.8) is 0 Å². The lowest BCUT2D eigenvalue weighted by Crippen LogP contribution is -2.18. The van der Waals surface area contributed by atoms with Gasteiger partial charge in [0.05, 0.1) is 12.2 Å². The maximum Gasteiger partial charge on any atom is 0.255 e. The highest BCUT2D eigenvalue weighted by molar-refractivity contribution is 5.56. The lowest BCUT2D eigenvalue weighted by atomic mass is 10.1. The molecule has 0 amide bonds. The van der Waals surface area contributed by atoms with Gasteiger partial charge in [-0.3, -0.25) is 4.90 Å². The van der Waals surface area contributed by atoms with Gasteiger partial charge >= 0.3 is 0 Å². The zero-order valence-corrected chi connectivity index (χ0v) is 14.1. The fourth-order valence-electron chi connectivity index (χ4n) is 2.93. The molecule has 4 rings (SSSR count). The molecule has 0 spiro atoms. The normalized spacial score (nSPS) is 17.4. The maximum atomic E-state index is 5.57. The third kappa shape index (κ3) is 3.78. The molecule has 7 nitrogen and oxygen atoms in total. The van der Waals surface area contributed by atoms with Crippen LogP contribution in [-0.2, 0) is 17.8 Å². The van der Waals surface area contributed by atoms with Gasteiger partial charge in [-0.05, 0) is 19.9 Å². The van der Waals surface area contributed by atoms with Gasteiger partial charge in [0, 0.05) is 24.8 Å². The van der Waals surface area contributed by atoms with E-state index in [-0.39, 0.29) is 6.10 Å². The third-order valence-electron chi connectivity index (χ3n) is 4.15. The molecule has 1 atom stereocenters. The molecule has 3 aromatic rings. The summed E-state index contributed by atoms with van der Waals surface area (Å²) < 4.78 is 16.3. The van der Waals surface area contributed by atoms with Gasteiger partial charge in [0.1, 0.15) is 6.10 Å². The van der Waals surface area contributed by atoms with Crippen molar-refractivity contribution in [2.24, 2.45) is 0 Å². The Hall–Kier alpha value is -2.51. The van der Waals surface area contributed by atoms with Gasteiger partial charge in [-0.1, -0.05) is 40.6 Å². The van der Waals surface area contributed by atoms with Crippen LogP contribution in [0.15, 0.2) is 45.4 Å². The van der Waals surface area contributed by atoms with E-state index in [0.717, 1.165) is 36.5 Å². The summed E-state index contributed by atoms with van der Waals surface area (Å²) in [4.78, 5) is 6.50. The Morgan fingerprint density at radius 2 is 2.00 bits per heavy atom. The molecule has 1 aromatic carbocycles. The van der Waals surface area contributed by atoms with Crippen molar-refractivity contribution < 1.29 is 13.8 Å². The first kappa shape index (κ1) is 16.0. The van der Waals surface area contributed by atoms with Gasteiger partial charge in [0.25, 0.3) is 5.89 Å². The topological polar surface area (TPSA) is 77.4 Å². The highest BCUT2D eigenvalue weighted by atomic mass is 16.5. The summed E-state index contributed by atoms with van der Waals surface area (Å²) in [5.41, 5.74) is 1.88. The van der Waals surface area contributed by atoms with E-state index in [0.29, 0.717) is 24.8 Å². The van der Waals surface area contributed by atoms with Crippen molar-refractivity contribution in [2.75, 3.05) is 13.7 Å². The molecule has 0 aliphatic carbocycles. The molecular formula is C18H20N4O3. The summed E-state index contributed by atoms with van der Waals surface area (Å²) in [7, 11) is 1.99. The first-order chi connectivity index (χ1) is 12.3. The van der Waals surface area contributed by atoms with Crippen molar-refractivity contribution in [1.29, 1.82) is 0 Å². The SMILES string of the molecule is CN(Cc1cc(-c2ccccc2)on1)Cc1noc(C2CCCO2)n1. The van der Waals surface area contributed by atoms with Crippen LogP contribution in [0.2, 0.25) is 0 Å². The number of aromatic nitrogens is 3.